The maximum atomic E-state index is 5.85. The Bertz CT molecular complexity index is 411. The first-order valence-corrected chi connectivity index (χ1v) is 4.92. The van der Waals surface area contributed by atoms with E-state index in [1.54, 1.807) is 11.3 Å². The van der Waals surface area contributed by atoms with Gasteiger partial charge in [0, 0.05) is 16.3 Å². The van der Waals surface area contributed by atoms with E-state index in [2.05, 4.69) is 5.38 Å². The third-order valence-corrected chi connectivity index (χ3v) is 3.07. The summed E-state index contributed by atoms with van der Waals surface area (Å²) in [5.74, 6) is 0. The first kappa shape index (κ1) is 10.8. The van der Waals surface area contributed by atoms with E-state index in [-0.39, 0.29) is 12.4 Å². The van der Waals surface area contributed by atoms with Gasteiger partial charge in [0.05, 0.1) is 0 Å². The number of rotatable bonds is 1. The lowest BCUT2D eigenvalue weighted by Gasteiger charge is -1.93. The van der Waals surface area contributed by atoms with Crippen LogP contribution in [0.3, 0.4) is 0 Å². The van der Waals surface area contributed by atoms with E-state index in [4.69, 9.17) is 17.3 Å². The van der Waals surface area contributed by atoms with Crippen LogP contribution in [0.5, 0.6) is 0 Å². The lowest BCUT2D eigenvalue weighted by Crippen LogP contribution is -1.93. The van der Waals surface area contributed by atoms with Crippen LogP contribution < -0.4 is 5.73 Å². The van der Waals surface area contributed by atoms with Crippen molar-refractivity contribution in [2.75, 3.05) is 0 Å². The lowest BCUT2D eigenvalue weighted by molar-refractivity contribution is 1.09. The molecule has 0 amide bonds. The second-order valence-electron chi connectivity index (χ2n) is 2.61. The van der Waals surface area contributed by atoms with E-state index in [1.807, 2.05) is 18.2 Å². The largest absolute Gasteiger partial charge is 0.326 e. The van der Waals surface area contributed by atoms with Gasteiger partial charge in [0.25, 0.3) is 0 Å². The van der Waals surface area contributed by atoms with Crippen molar-refractivity contribution in [3.63, 3.8) is 0 Å². The van der Waals surface area contributed by atoms with Crippen LogP contribution in [0.2, 0.25) is 5.02 Å². The smallest absolute Gasteiger partial charge is 0.0420 e. The van der Waals surface area contributed by atoms with E-state index in [0.717, 1.165) is 5.02 Å². The molecule has 0 spiro atoms. The Morgan fingerprint density at radius 1 is 1.38 bits per heavy atom. The van der Waals surface area contributed by atoms with Crippen molar-refractivity contribution in [1.29, 1.82) is 0 Å². The molecule has 0 radical (unpaired) electrons. The first-order valence-electron chi connectivity index (χ1n) is 3.67. The number of nitrogens with two attached hydrogens (primary N) is 1. The molecular formula is C9H9Cl2NS. The van der Waals surface area contributed by atoms with Crippen LogP contribution in [0, 0.1) is 0 Å². The Kier molecular flexibility index (Phi) is 3.56. The molecule has 0 aliphatic heterocycles. The van der Waals surface area contributed by atoms with Crippen molar-refractivity contribution < 1.29 is 0 Å². The van der Waals surface area contributed by atoms with Gasteiger partial charge in [-0.2, -0.15) is 0 Å². The van der Waals surface area contributed by atoms with Gasteiger partial charge in [-0.25, -0.2) is 0 Å². The normalized spacial score (nSPS) is 10.0. The summed E-state index contributed by atoms with van der Waals surface area (Å²) < 4.78 is 1.21. The maximum absolute atomic E-state index is 5.85. The van der Waals surface area contributed by atoms with Crippen LogP contribution >= 0.6 is 35.3 Å². The molecule has 70 valence electrons. The Hall–Kier alpha value is -0.280. The van der Waals surface area contributed by atoms with Gasteiger partial charge in [-0.15, -0.1) is 23.7 Å². The SMILES string of the molecule is Cl.NCc1csc2cc(Cl)ccc12. The number of hydrogen-bond acceptors (Lipinski definition) is 2. The van der Waals surface area contributed by atoms with Gasteiger partial charge in [0.15, 0.2) is 0 Å². The Balaban J connectivity index is 0.000000845. The Morgan fingerprint density at radius 3 is 2.85 bits per heavy atom. The zero-order valence-corrected chi connectivity index (χ0v) is 9.18. The molecule has 0 bridgehead atoms. The van der Waals surface area contributed by atoms with Crippen molar-refractivity contribution >= 4 is 45.4 Å². The molecule has 2 rings (SSSR count). The Labute approximate surface area is 91.9 Å². The fourth-order valence-corrected chi connectivity index (χ4v) is 2.47. The van der Waals surface area contributed by atoms with E-state index in [0.29, 0.717) is 6.54 Å². The van der Waals surface area contributed by atoms with Gasteiger partial charge >= 0.3 is 0 Å². The highest BCUT2D eigenvalue weighted by atomic mass is 35.5. The zero-order chi connectivity index (χ0) is 8.55. The second kappa shape index (κ2) is 4.29. The molecule has 1 nitrogen and oxygen atoms in total. The third kappa shape index (κ3) is 1.97. The lowest BCUT2D eigenvalue weighted by atomic mass is 10.2. The molecule has 0 atom stereocenters. The van der Waals surface area contributed by atoms with Crippen LogP contribution in [-0.2, 0) is 6.54 Å². The molecule has 13 heavy (non-hydrogen) atoms. The molecule has 0 fully saturated rings. The fraction of sp³-hybridized carbons (Fsp3) is 0.111. The van der Waals surface area contributed by atoms with Crippen molar-refractivity contribution in [2.24, 2.45) is 5.73 Å². The summed E-state index contributed by atoms with van der Waals surface area (Å²) in [6, 6.07) is 5.90. The van der Waals surface area contributed by atoms with Gasteiger partial charge in [0.1, 0.15) is 0 Å². The van der Waals surface area contributed by atoms with Crippen LogP contribution in [0.4, 0.5) is 0 Å². The summed E-state index contributed by atoms with van der Waals surface area (Å²) in [5.41, 5.74) is 6.77. The van der Waals surface area contributed by atoms with Crippen molar-refractivity contribution in [3.8, 4) is 0 Å². The Morgan fingerprint density at radius 2 is 2.15 bits per heavy atom. The number of hydrogen-bond donors (Lipinski definition) is 1. The van der Waals surface area contributed by atoms with E-state index < -0.39 is 0 Å². The summed E-state index contributed by atoms with van der Waals surface area (Å²) in [7, 11) is 0. The van der Waals surface area contributed by atoms with Crippen molar-refractivity contribution in [1.82, 2.24) is 0 Å². The summed E-state index contributed by atoms with van der Waals surface area (Å²) in [6.07, 6.45) is 0. The minimum Gasteiger partial charge on any atom is -0.326 e. The third-order valence-electron chi connectivity index (χ3n) is 1.84. The molecule has 1 heterocycles. The van der Waals surface area contributed by atoms with Gasteiger partial charge in [-0.1, -0.05) is 17.7 Å². The predicted octanol–water partition coefficient (Wildman–Crippen LogP) is 3.44. The minimum absolute atomic E-state index is 0. The first-order chi connectivity index (χ1) is 5.81. The highest BCUT2D eigenvalue weighted by molar-refractivity contribution is 7.17. The molecule has 1 aromatic heterocycles. The summed E-state index contributed by atoms with van der Waals surface area (Å²) in [4.78, 5) is 0. The van der Waals surface area contributed by atoms with Crippen molar-refractivity contribution in [2.45, 2.75) is 6.54 Å². The summed E-state index contributed by atoms with van der Waals surface area (Å²) >= 11 is 7.53. The zero-order valence-electron chi connectivity index (χ0n) is 6.79. The topological polar surface area (TPSA) is 26.0 Å². The van der Waals surface area contributed by atoms with Gasteiger partial charge in [0.2, 0.25) is 0 Å². The average Bonchev–Trinajstić information content (AvgIpc) is 2.46. The van der Waals surface area contributed by atoms with Crippen molar-refractivity contribution in [3.05, 3.63) is 34.2 Å². The predicted molar refractivity (Wildman–Crippen MR) is 62.0 cm³/mol. The average molecular weight is 234 g/mol. The molecule has 0 unspecified atom stereocenters. The molecule has 2 N–H and O–H groups in total. The fourth-order valence-electron chi connectivity index (χ4n) is 1.22. The molecule has 2 aromatic rings. The standard InChI is InChI=1S/C9H8ClNS.ClH/c10-7-1-2-8-6(4-11)5-12-9(8)3-7;/h1-3,5H,4,11H2;1H. The van der Waals surface area contributed by atoms with Crippen LogP contribution in [0.25, 0.3) is 10.1 Å². The van der Waals surface area contributed by atoms with Gasteiger partial charge in [-0.05, 0) is 28.5 Å². The number of benzene rings is 1. The minimum atomic E-state index is 0. The van der Waals surface area contributed by atoms with Gasteiger partial charge in [-0.3, -0.25) is 0 Å². The van der Waals surface area contributed by atoms with E-state index >= 15 is 0 Å². The summed E-state index contributed by atoms with van der Waals surface area (Å²) in [5, 5.41) is 4.10. The molecule has 1 aromatic carbocycles. The molecule has 0 saturated heterocycles. The second-order valence-corrected chi connectivity index (χ2v) is 3.95. The number of halogens is 2. The molecule has 0 saturated carbocycles. The molecule has 4 heteroatoms. The van der Waals surface area contributed by atoms with Crippen LogP contribution in [0.15, 0.2) is 23.6 Å². The molecule has 0 aliphatic rings. The number of fused-ring (bicyclic) bond motifs is 1. The highest BCUT2D eigenvalue weighted by Gasteiger charge is 2.01. The monoisotopic (exact) mass is 233 g/mol. The maximum Gasteiger partial charge on any atom is 0.0420 e. The molecule has 0 aliphatic carbocycles. The highest BCUT2D eigenvalue weighted by Crippen LogP contribution is 2.28. The van der Waals surface area contributed by atoms with E-state index in [9.17, 15) is 0 Å². The quantitative estimate of drug-likeness (QED) is 0.803. The summed E-state index contributed by atoms with van der Waals surface area (Å²) in [6.45, 7) is 0.599. The van der Waals surface area contributed by atoms with Crippen LogP contribution in [0.1, 0.15) is 5.56 Å². The van der Waals surface area contributed by atoms with Crippen LogP contribution in [-0.4, -0.2) is 0 Å². The van der Waals surface area contributed by atoms with Gasteiger partial charge < -0.3 is 5.73 Å². The molecular weight excluding hydrogens is 225 g/mol. The number of thiophene rings is 1. The van der Waals surface area contributed by atoms with E-state index in [1.165, 1.54) is 15.6 Å².